The van der Waals surface area contributed by atoms with Crippen molar-refractivity contribution in [2.75, 3.05) is 51.0 Å². The van der Waals surface area contributed by atoms with Gasteiger partial charge < -0.3 is 21.3 Å². The first-order valence-electron chi connectivity index (χ1n) is 8.65. The Bertz CT molecular complexity index is 897. The average Bonchev–Trinajstić information content (AvgIpc) is 2.56. The number of nitrogens with two attached hydrogens (primary N) is 2. The summed E-state index contributed by atoms with van der Waals surface area (Å²) in [6.07, 6.45) is 0.934. The highest BCUT2D eigenvalue weighted by molar-refractivity contribution is 6.33. The zero-order valence-corrected chi connectivity index (χ0v) is 15.4. The number of carbonyl (C=O) groups is 2. The van der Waals surface area contributed by atoms with E-state index in [9.17, 15) is 9.59 Å². The molecule has 6 heteroatoms. The van der Waals surface area contributed by atoms with Crippen LogP contribution in [0.3, 0.4) is 0 Å². The molecule has 0 atom stereocenters. The van der Waals surface area contributed by atoms with Gasteiger partial charge in [0.2, 0.25) is 0 Å². The van der Waals surface area contributed by atoms with Crippen LogP contribution in [0.15, 0.2) is 30.3 Å². The van der Waals surface area contributed by atoms with Crippen LogP contribution < -0.4 is 16.8 Å². The minimum Gasteiger partial charge on any atom is -0.398 e. The molecule has 0 fully saturated rings. The highest BCUT2D eigenvalue weighted by atomic mass is 16.1. The summed E-state index contributed by atoms with van der Waals surface area (Å²) in [5, 5.41) is 3.29. The third-order valence-corrected chi connectivity index (χ3v) is 4.58. The summed E-state index contributed by atoms with van der Waals surface area (Å²) in [4.78, 5) is 26.0. The molecule has 26 heavy (non-hydrogen) atoms. The third kappa shape index (κ3) is 3.15. The van der Waals surface area contributed by atoms with Gasteiger partial charge in [-0.1, -0.05) is 12.1 Å². The fourth-order valence-corrected chi connectivity index (χ4v) is 3.30. The number of nitrogens with zero attached hydrogens (tertiary/aromatic N) is 1. The second-order valence-corrected chi connectivity index (χ2v) is 7.67. The van der Waals surface area contributed by atoms with Gasteiger partial charge in [0.1, 0.15) is 0 Å². The zero-order valence-electron chi connectivity index (χ0n) is 15.4. The minimum atomic E-state index is -0.255. The second kappa shape index (κ2) is 6.46. The molecule has 136 valence electrons. The van der Waals surface area contributed by atoms with Crippen LogP contribution in [0.4, 0.5) is 17.1 Å². The summed E-state index contributed by atoms with van der Waals surface area (Å²) in [5.74, 6) is -0.511. The first kappa shape index (κ1) is 17.9. The number of ketones is 2. The van der Waals surface area contributed by atoms with Gasteiger partial charge >= 0.3 is 0 Å². The SMILES string of the molecule is C[N+](C)(C)CCCNc1ccc(N)c2c1C(=O)c1c(N)cccc1C2=O. The quantitative estimate of drug-likeness (QED) is 0.371. The number of anilines is 3. The molecule has 5 N–H and O–H groups in total. The van der Waals surface area contributed by atoms with Gasteiger partial charge in [-0.25, -0.2) is 0 Å². The topological polar surface area (TPSA) is 98.2 Å². The summed E-state index contributed by atoms with van der Waals surface area (Å²) < 4.78 is 0.864. The van der Waals surface area contributed by atoms with Crippen LogP contribution in [0, 0.1) is 0 Å². The van der Waals surface area contributed by atoms with Crippen molar-refractivity contribution in [2.45, 2.75) is 6.42 Å². The normalized spacial score (nSPS) is 13.3. The standard InChI is InChI=1S/C20H24N4O2/c1-24(2,3)11-5-10-23-15-9-8-14(22)17-18(15)20(26)16-12(19(17)25)6-4-7-13(16)21/h4,6-9H,5,10-11H2,1-3H3,(H4-,21,22,23,25,26)/p+1. The Morgan fingerprint density at radius 3 is 2.27 bits per heavy atom. The predicted octanol–water partition coefficient (Wildman–Crippen LogP) is 2.13. The second-order valence-electron chi connectivity index (χ2n) is 7.67. The van der Waals surface area contributed by atoms with Gasteiger partial charge in [-0.05, 0) is 18.2 Å². The first-order valence-corrected chi connectivity index (χ1v) is 8.65. The van der Waals surface area contributed by atoms with Gasteiger partial charge in [-0.3, -0.25) is 9.59 Å². The lowest BCUT2D eigenvalue weighted by Gasteiger charge is -2.25. The molecule has 0 radical (unpaired) electrons. The van der Waals surface area contributed by atoms with Crippen molar-refractivity contribution in [1.82, 2.24) is 0 Å². The van der Waals surface area contributed by atoms with Gasteiger partial charge in [-0.15, -0.1) is 0 Å². The third-order valence-electron chi connectivity index (χ3n) is 4.58. The molecule has 0 unspecified atom stereocenters. The molecule has 0 amide bonds. The van der Waals surface area contributed by atoms with Crippen molar-refractivity contribution in [3.05, 3.63) is 52.6 Å². The molecule has 2 aromatic rings. The van der Waals surface area contributed by atoms with Gasteiger partial charge in [0.25, 0.3) is 0 Å². The van der Waals surface area contributed by atoms with E-state index in [1.165, 1.54) is 0 Å². The van der Waals surface area contributed by atoms with E-state index in [0.717, 1.165) is 17.4 Å². The Morgan fingerprint density at radius 1 is 0.885 bits per heavy atom. The monoisotopic (exact) mass is 353 g/mol. The highest BCUT2D eigenvalue weighted by Gasteiger charge is 2.34. The van der Waals surface area contributed by atoms with Crippen molar-refractivity contribution in [3.63, 3.8) is 0 Å². The minimum absolute atomic E-state index is 0.255. The zero-order chi connectivity index (χ0) is 19.1. The fourth-order valence-electron chi connectivity index (χ4n) is 3.30. The van der Waals surface area contributed by atoms with Crippen LogP contribution in [-0.4, -0.2) is 50.3 Å². The van der Waals surface area contributed by atoms with Crippen molar-refractivity contribution in [2.24, 2.45) is 0 Å². The van der Waals surface area contributed by atoms with E-state index in [1.54, 1.807) is 30.3 Å². The van der Waals surface area contributed by atoms with Crippen LogP contribution in [0.5, 0.6) is 0 Å². The molecule has 0 saturated heterocycles. The molecule has 0 aromatic heterocycles. The summed E-state index contributed by atoms with van der Waals surface area (Å²) in [6.45, 7) is 1.69. The largest absolute Gasteiger partial charge is 0.398 e. The average molecular weight is 353 g/mol. The molecule has 1 aliphatic rings. The van der Waals surface area contributed by atoms with Crippen LogP contribution in [-0.2, 0) is 0 Å². The maximum absolute atomic E-state index is 13.1. The van der Waals surface area contributed by atoms with Crippen molar-refractivity contribution in [1.29, 1.82) is 0 Å². The number of quaternary nitrogens is 1. The Hall–Kier alpha value is -2.86. The Morgan fingerprint density at radius 2 is 1.58 bits per heavy atom. The van der Waals surface area contributed by atoms with Gasteiger partial charge in [0.05, 0.1) is 44.4 Å². The smallest absolute Gasteiger partial charge is 0.198 e. The van der Waals surface area contributed by atoms with E-state index in [0.29, 0.717) is 34.7 Å². The summed E-state index contributed by atoms with van der Waals surface area (Å²) in [5.41, 5.74) is 14.4. The molecule has 0 saturated carbocycles. The molecule has 1 aliphatic carbocycles. The lowest BCUT2D eigenvalue weighted by Crippen LogP contribution is -2.36. The summed E-state index contributed by atoms with van der Waals surface area (Å²) in [6, 6.07) is 8.36. The first-order chi connectivity index (χ1) is 12.2. The van der Waals surface area contributed by atoms with Gasteiger partial charge in [0.15, 0.2) is 11.6 Å². The molecule has 6 nitrogen and oxygen atoms in total. The predicted molar refractivity (Wildman–Crippen MR) is 105 cm³/mol. The van der Waals surface area contributed by atoms with E-state index >= 15 is 0 Å². The summed E-state index contributed by atoms with van der Waals surface area (Å²) in [7, 11) is 6.40. The van der Waals surface area contributed by atoms with Crippen LogP contribution in [0.1, 0.15) is 38.3 Å². The maximum atomic E-state index is 13.1. The Labute approximate surface area is 153 Å². The van der Waals surface area contributed by atoms with E-state index in [1.807, 2.05) is 0 Å². The van der Waals surface area contributed by atoms with Crippen molar-refractivity contribution >= 4 is 28.6 Å². The molecular formula is C20H25N4O2+. The number of fused-ring (bicyclic) bond motifs is 2. The molecule has 3 rings (SSSR count). The Kier molecular flexibility index (Phi) is 4.46. The maximum Gasteiger partial charge on any atom is 0.198 e. The number of benzene rings is 2. The molecule has 0 spiro atoms. The van der Waals surface area contributed by atoms with E-state index in [4.69, 9.17) is 11.5 Å². The van der Waals surface area contributed by atoms with E-state index < -0.39 is 0 Å². The van der Waals surface area contributed by atoms with E-state index in [-0.39, 0.29) is 22.7 Å². The fraction of sp³-hybridized carbons (Fsp3) is 0.300. The van der Waals surface area contributed by atoms with Crippen LogP contribution >= 0.6 is 0 Å². The molecular weight excluding hydrogens is 328 g/mol. The van der Waals surface area contributed by atoms with Crippen molar-refractivity contribution in [3.8, 4) is 0 Å². The molecule has 0 aliphatic heterocycles. The van der Waals surface area contributed by atoms with Gasteiger partial charge in [-0.2, -0.15) is 0 Å². The van der Waals surface area contributed by atoms with Gasteiger partial charge in [0, 0.05) is 35.6 Å². The van der Waals surface area contributed by atoms with Crippen molar-refractivity contribution < 1.29 is 14.1 Å². The lowest BCUT2D eigenvalue weighted by atomic mass is 9.81. The molecule has 0 heterocycles. The highest BCUT2D eigenvalue weighted by Crippen LogP contribution is 2.37. The van der Waals surface area contributed by atoms with E-state index in [2.05, 4.69) is 26.5 Å². The number of nitrogen functional groups attached to an aromatic ring is 2. The Balaban J connectivity index is 1.98. The number of carbonyl (C=O) groups excluding carboxylic acids is 2. The molecule has 2 aromatic carbocycles. The number of nitrogens with one attached hydrogen (secondary N) is 1. The number of hydrogen-bond acceptors (Lipinski definition) is 5. The van der Waals surface area contributed by atoms with Crippen LogP contribution in [0.2, 0.25) is 0 Å². The molecule has 0 bridgehead atoms. The summed E-state index contributed by atoms with van der Waals surface area (Å²) >= 11 is 0. The number of hydrogen-bond donors (Lipinski definition) is 3. The number of rotatable bonds is 5. The lowest BCUT2D eigenvalue weighted by molar-refractivity contribution is -0.870. The van der Waals surface area contributed by atoms with Crippen LogP contribution in [0.25, 0.3) is 0 Å².